The maximum atomic E-state index is 3.67. The summed E-state index contributed by atoms with van der Waals surface area (Å²) in [6.07, 6.45) is 3.89. The first-order valence-electron chi connectivity index (χ1n) is 6.73. The molecule has 17 heavy (non-hydrogen) atoms. The number of hydrogen-bond donors (Lipinski definition) is 1. The van der Waals surface area contributed by atoms with E-state index in [0.717, 1.165) is 0 Å². The SMILES string of the molecule is CC(C)NC1CCCN(CCc2ccsc2)C1. The molecule has 0 aliphatic carbocycles. The first-order chi connectivity index (χ1) is 8.24. The highest BCUT2D eigenvalue weighted by Crippen LogP contribution is 2.13. The number of likely N-dealkylation sites (tertiary alicyclic amines) is 1. The zero-order valence-corrected chi connectivity index (χ0v) is 11.8. The van der Waals surface area contributed by atoms with Crippen molar-refractivity contribution in [3.8, 4) is 0 Å². The quantitative estimate of drug-likeness (QED) is 0.867. The molecule has 1 aliphatic rings. The topological polar surface area (TPSA) is 15.3 Å². The third-order valence-corrected chi connectivity index (χ3v) is 4.10. The lowest BCUT2D eigenvalue weighted by molar-refractivity contribution is 0.187. The summed E-state index contributed by atoms with van der Waals surface area (Å²) in [4.78, 5) is 2.61. The Morgan fingerprint density at radius 1 is 1.53 bits per heavy atom. The molecule has 0 saturated carbocycles. The minimum atomic E-state index is 0.608. The fourth-order valence-corrected chi connectivity index (χ4v) is 3.29. The third kappa shape index (κ3) is 4.41. The molecule has 0 amide bonds. The lowest BCUT2D eigenvalue weighted by Crippen LogP contribution is -2.48. The Labute approximate surface area is 109 Å². The third-order valence-electron chi connectivity index (χ3n) is 3.37. The Morgan fingerprint density at radius 2 is 2.41 bits per heavy atom. The molecular formula is C14H24N2S. The van der Waals surface area contributed by atoms with Crippen molar-refractivity contribution < 1.29 is 0 Å². The number of piperidine rings is 1. The maximum absolute atomic E-state index is 3.67. The summed E-state index contributed by atoms with van der Waals surface area (Å²) in [5.74, 6) is 0. The maximum Gasteiger partial charge on any atom is 0.0197 e. The molecule has 1 fully saturated rings. The molecule has 96 valence electrons. The molecular weight excluding hydrogens is 228 g/mol. The van der Waals surface area contributed by atoms with Crippen LogP contribution in [-0.4, -0.2) is 36.6 Å². The van der Waals surface area contributed by atoms with Crippen molar-refractivity contribution in [2.75, 3.05) is 19.6 Å². The molecule has 0 aromatic carbocycles. The summed E-state index contributed by atoms with van der Waals surface area (Å²) in [5, 5.41) is 8.11. The van der Waals surface area contributed by atoms with Crippen molar-refractivity contribution in [3.63, 3.8) is 0 Å². The van der Waals surface area contributed by atoms with E-state index in [9.17, 15) is 0 Å². The van der Waals surface area contributed by atoms with Gasteiger partial charge in [0.1, 0.15) is 0 Å². The number of rotatable bonds is 5. The van der Waals surface area contributed by atoms with Crippen LogP contribution in [-0.2, 0) is 6.42 Å². The van der Waals surface area contributed by atoms with Crippen LogP contribution >= 0.6 is 11.3 Å². The Balaban J connectivity index is 1.73. The second-order valence-corrected chi connectivity index (χ2v) is 6.12. The van der Waals surface area contributed by atoms with Gasteiger partial charge in [0.2, 0.25) is 0 Å². The molecule has 1 unspecified atom stereocenters. The molecule has 1 aliphatic heterocycles. The van der Waals surface area contributed by atoms with E-state index >= 15 is 0 Å². The van der Waals surface area contributed by atoms with Gasteiger partial charge < -0.3 is 10.2 Å². The molecule has 2 rings (SSSR count). The van der Waals surface area contributed by atoms with E-state index in [1.807, 2.05) is 0 Å². The highest BCUT2D eigenvalue weighted by molar-refractivity contribution is 7.07. The fraction of sp³-hybridized carbons (Fsp3) is 0.714. The van der Waals surface area contributed by atoms with Crippen LogP contribution in [0.3, 0.4) is 0 Å². The summed E-state index contributed by atoms with van der Waals surface area (Å²) >= 11 is 1.80. The lowest BCUT2D eigenvalue weighted by atomic mass is 10.0. The van der Waals surface area contributed by atoms with Gasteiger partial charge in [0.25, 0.3) is 0 Å². The van der Waals surface area contributed by atoms with Crippen molar-refractivity contribution in [1.29, 1.82) is 0 Å². The zero-order valence-electron chi connectivity index (χ0n) is 11.0. The first-order valence-corrected chi connectivity index (χ1v) is 7.68. The molecule has 1 aromatic heterocycles. The van der Waals surface area contributed by atoms with E-state index in [2.05, 4.69) is 40.9 Å². The van der Waals surface area contributed by atoms with Gasteiger partial charge in [-0.2, -0.15) is 11.3 Å². The van der Waals surface area contributed by atoms with Crippen LogP contribution in [0.5, 0.6) is 0 Å². The molecule has 3 heteroatoms. The van der Waals surface area contributed by atoms with Gasteiger partial charge in [0.05, 0.1) is 0 Å². The molecule has 1 N–H and O–H groups in total. The Kier molecular flexibility index (Phi) is 5.01. The van der Waals surface area contributed by atoms with Crippen molar-refractivity contribution >= 4 is 11.3 Å². The van der Waals surface area contributed by atoms with E-state index in [4.69, 9.17) is 0 Å². The van der Waals surface area contributed by atoms with Gasteiger partial charge in [-0.05, 0) is 48.2 Å². The molecule has 2 nitrogen and oxygen atoms in total. The van der Waals surface area contributed by atoms with E-state index in [0.29, 0.717) is 12.1 Å². The monoisotopic (exact) mass is 252 g/mol. The van der Waals surface area contributed by atoms with Gasteiger partial charge >= 0.3 is 0 Å². The average molecular weight is 252 g/mol. The predicted molar refractivity (Wildman–Crippen MR) is 75.8 cm³/mol. The molecule has 0 radical (unpaired) electrons. The average Bonchev–Trinajstić information content (AvgIpc) is 2.79. The van der Waals surface area contributed by atoms with Gasteiger partial charge in [-0.3, -0.25) is 0 Å². The number of hydrogen-bond acceptors (Lipinski definition) is 3. The van der Waals surface area contributed by atoms with Crippen LogP contribution in [0.1, 0.15) is 32.3 Å². The van der Waals surface area contributed by atoms with Gasteiger partial charge in [0.15, 0.2) is 0 Å². The summed E-state index contributed by atoms with van der Waals surface area (Å²) in [5.41, 5.74) is 1.49. The Bertz CT molecular complexity index is 308. The summed E-state index contributed by atoms with van der Waals surface area (Å²) in [6.45, 7) is 8.20. The largest absolute Gasteiger partial charge is 0.311 e. The second-order valence-electron chi connectivity index (χ2n) is 5.34. The molecule has 0 spiro atoms. The summed E-state index contributed by atoms with van der Waals surface area (Å²) in [6, 6.07) is 3.56. The predicted octanol–water partition coefficient (Wildman–Crippen LogP) is 2.75. The van der Waals surface area contributed by atoms with Gasteiger partial charge in [-0.15, -0.1) is 0 Å². The number of nitrogens with zero attached hydrogens (tertiary/aromatic N) is 1. The molecule has 1 saturated heterocycles. The van der Waals surface area contributed by atoms with Gasteiger partial charge in [0, 0.05) is 25.2 Å². The molecule has 1 aromatic rings. The highest BCUT2D eigenvalue weighted by Gasteiger charge is 2.19. The Hall–Kier alpha value is -0.380. The van der Waals surface area contributed by atoms with Crippen LogP contribution in [0.2, 0.25) is 0 Å². The highest BCUT2D eigenvalue weighted by atomic mass is 32.1. The minimum absolute atomic E-state index is 0.608. The van der Waals surface area contributed by atoms with Crippen LogP contribution < -0.4 is 5.32 Å². The van der Waals surface area contributed by atoms with E-state index in [1.54, 1.807) is 11.3 Å². The first kappa shape index (κ1) is 13.1. The van der Waals surface area contributed by atoms with Gasteiger partial charge in [-0.1, -0.05) is 13.8 Å². The van der Waals surface area contributed by atoms with Crippen LogP contribution in [0.25, 0.3) is 0 Å². The molecule has 1 atom stereocenters. The smallest absolute Gasteiger partial charge is 0.0197 e. The van der Waals surface area contributed by atoms with Crippen molar-refractivity contribution in [2.24, 2.45) is 0 Å². The summed E-state index contributed by atoms with van der Waals surface area (Å²) in [7, 11) is 0. The van der Waals surface area contributed by atoms with Crippen molar-refractivity contribution in [3.05, 3.63) is 22.4 Å². The summed E-state index contributed by atoms with van der Waals surface area (Å²) < 4.78 is 0. The standard InChI is InChI=1S/C14H24N2S/c1-12(2)15-14-4-3-7-16(10-14)8-5-13-6-9-17-11-13/h6,9,11-12,14-15H,3-5,7-8,10H2,1-2H3. The fourth-order valence-electron chi connectivity index (χ4n) is 2.59. The normalized spacial score (nSPS) is 22.2. The van der Waals surface area contributed by atoms with E-state index in [-0.39, 0.29) is 0 Å². The van der Waals surface area contributed by atoms with E-state index in [1.165, 1.54) is 44.5 Å². The second kappa shape index (κ2) is 6.53. The lowest BCUT2D eigenvalue weighted by Gasteiger charge is -2.34. The minimum Gasteiger partial charge on any atom is -0.311 e. The van der Waals surface area contributed by atoms with Crippen molar-refractivity contribution in [2.45, 2.75) is 45.2 Å². The molecule has 0 bridgehead atoms. The van der Waals surface area contributed by atoms with Crippen molar-refractivity contribution in [1.82, 2.24) is 10.2 Å². The Morgan fingerprint density at radius 3 is 3.12 bits per heavy atom. The van der Waals surface area contributed by atoms with Crippen LogP contribution in [0.15, 0.2) is 16.8 Å². The van der Waals surface area contributed by atoms with Crippen LogP contribution in [0.4, 0.5) is 0 Å². The number of thiophene rings is 1. The van der Waals surface area contributed by atoms with Crippen LogP contribution in [0, 0.1) is 0 Å². The molecule has 2 heterocycles. The zero-order chi connectivity index (χ0) is 12.1. The number of nitrogens with one attached hydrogen (secondary N) is 1. The van der Waals surface area contributed by atoms with E-state index < -0.39 is 0 Å². The van der Waals surface area contributed by atoms with Gasteiger partial charge in [-0.25, -0.2) is 0 Å².